The first-order valence-corrected chi connectivity index (χ1v) is 14.4. The second-order valence-electron chi connectivity index (χ2n) is 8.87. The first-order chi connectivity index (χ1) is 16.4. The molecule has 7 heteroatoms. The number of hydrogen-bond donors (Lipinski definition) is 0. The van der Waals surface area contributed by atoms with Gasteiger partial charge in [-0.2, -0.15) is 0 Å². The quantitative estimate of drug-likeness (QED) is 0.174. The van der Waals surface area contributed by atoms with Crippen LogP contribution in [-0.4, -0.2) is 54.5 Å². The lowest BCUT2D eigenvalue weighted by Gasteiger charge is -2.28. The maximum atomic E-state index is 6.01. The van der Waals surface area contributed by atoms with Crippen molar-refractivity contribution in [3.8, 4) is 11.5 Å². The molecule has 3 rings (SSSR count). The lowest BCUT2D eigenvalue weighted by molar-refractivity contribution is 0.0696. The largest absolute Gasteiger partial charge is 0.501 e. The summed E-state index contributed by atoms with van der Waals surface area (Å²) in [4.78, 5) is 0. The van der Waals surface area contributed by atoms with E-state index in [-0.39, 0.29) is 11.5 Å². The Morgan fingerprint density at radius 1 is 0.794 bits per heavy atom. The summed E-state index contributed by atoms with van der Waals surface area (Å²) in [5, 5.41) is 0. The molecule has 1 unspecified atom stereocenters. The average Bonchev–Trinajstić information content (AvgIpc) is 3.66. The molecule has 1 fully saturated rings. The third-order valence-electron chi connectivity index (χ3n) is 5.98. The van der Waals surface area contributed by atoms with Crippen LogP contribution in [0.5, 0.6) is 11.5 Å². The molecular formula is C27H40O6Si. The van der Waals surface area contributed by atoms with Crippen molar-refractivity contribution < 1.29 is 27.5 Å². The molecule has 0 radical (unpaired) electrons. The normalized spacial score (nSPS) is 15.9. The van der Waals surface area contributed by atoms with E-state index in [1.807, 2.05) is 45.0 Å². The molecule has 2 aromatic rings. The van der Waals surface area contributed by atoms with Gasteiger partial charge in [-0.25, -0.2) is 0 Å². The Morgan fingerprint density at radius 3 is 1.71 bits per heavy atom. The number of epoxide rings is 1. The molecule has 1 atom stereocenters. The van der Waals surface area contributed by atoms with Gasteiger partial charge in [-0.05, 0) is 62.6 Å². The fourth-order valence-corrected chi connectivity index (χ4v) is 6.52. The molecule has 0 bridgehead atoms. The Bertz CT molecular complexity index is 831. The SMILES string of the molecule is CCO[Si](CCCOc1ccc(C(C)(C)c2ccc(OCC3CO3)cc2)cc1)(OCC)OCC. The first-order valence-electron chi connectivity index (χ1n) is 12.4. The Kier molecular flexibility index (Phi) is 9.97. The Hall–Kier alpha value is -1.90. The molecule has 0 aliphatic carbocycles. The molecule has 0 spiro atoms. The third-order valence-corrected chi connectivity index (χ3v) is 9.13. The standard InChI is InChI=1S/C27H40O6Si/c1-6-31-34(32-7-2,33-8-3)19-9-18-28-24-14-10-22(11-15-24)27(4,5)23-12-16-25(17-13-23)29-20-26-21-30-26/h10-17,26H,6-9,18-21H2,1-5H3. The van der Waals surface area contributed by atoms with Crippen LogP contribution in [0.1, 0.15) is 52.2 Å². The number of rotatable bonds is 16. The zero-order valence-electron chi connectivity index (χ0n) is 21.3. The van der Waals surface area contributed by atoms with Crippen LogP contribution < -0.4 is 9.47 Å². The van der Waals surface area contributed by atoms with E-state index in [1.54, 1.807) is 0 Å². The van der Waals surface area contributed by atoms with E-state index < -0.39 is 8.80 Å². The highest BCUT2D eigenvalue weighted by Gasteiger charge is 2.39. The van der Waals surface area contributed by atoms with Crippen LogP contribution in [0.4, 0.5) is 0 Å². The molecule has 0 amide bonds. The van der Waals surface area contributed by atoms with Crippen molar-refractivity contribution in [1.82, 2.24) is 0 Å². The van der Waals surface area contributed by atoms with Gasteiger partial charge in [-0.15, -0.1) is 0 Å². The molecule has 0 N–H and O–H groups in total. The van der Waals surface area contributed by atoms with E-state index in [0.717, 1.165) is 30.6 Å². The zero-order valence-corrected chi connectivity index (χ0v) is 22.3. The molecule has 0 saturated carbocycles. The number of hydrogen-bond acceptors (Lipinski definition) is 6. The van der Waals surface area contributed by atoms with Crippen molar-refractivity contribution >= 4 is 8.80 Å². The summed E-state index contributed by atoms with van der Waals surface area (Å²) < 4.78 is 34.7. The van der Waals surface area contributed by atoms with Crippen LogP contribution in [0.15, 0.2) is 48.5 Å². The molecule has 1 heterocycles. The second-order valence-corrected chi connectivity index (χ2v) is 11.6. The summed E-state index contributed by atoms with van der Waals surface area (Å²) in [6.45, 7) is 14.2. The molecule has 0 aromatic heterocycles. The molecule has 1 saturated heterocycles. The molecule has 34 heavy (non-hydrogen) atoms. The molecular weight excluding hydrogens is 448 g/mol. The summed E-state index contributed by atoms with van der Waals surface area (Å²) in [6.07, 6.45) is 1.08. The van der Waals surface area contributed by atoms with Gasteiger partial charge in [-0.3, -0.25) is 0 Å². The minimum atomic E-state index is -2.61. The van der Waals surface area contributed by atoms with Gasteiger partial charge in [0.15, 0.2) is 0 Å². The van der Waals surface area contributed by atoms with E-state index in [1.165, 1.54) is 11.1 Å². The second kappa shape index (κ2) is 12.7. The van der Waals surface area contributed by atoms with E-state index in [9.17, 15) is 0 Å². The average molecular weight is 489 g/mol. The monoisotopic (exact) mass is 488 g/mol. The highest BCUT2D eigenvalue weighted by Crippen LogP contribution is 2.33. The summed E-state index contributed by atoms with van der Waals surface area (Å²) >= 11 is 0. The number of benzene rings is 2. The van der Waals surface area contributed by atoms with Crippen molar-refractivity contribution in [2.24, 2.45) is 0 Å². The number of ether oxygens (including phenoxy) is 3. The van der Waals surface area contributed by atoms with E-state index in [4.69, 9.17) is 27.5 Å². The maximum Gasteiger partial charge on any atom is 0.501 e. The van der Waals surface area contributed by atoms with Crippen molar-refractivity contribution in [1.29, 1.82) is 0 Å². The molecule has 6 nitrogen and oxygen atoms in total. The highest BCUT2D eigenvalue weighted by molar-refractivity contribution is 6.60. The van der Waals surface area contributed by atoms with Crippen LogP contribution in [0.3, 0.4) is 0 Å². The van der Waals surface area contributed by atoms with E-state index in [0.29, 0.717) is 33.0 Å². The Balaban J connectivity index is 1.52. The third kappa shape index (κ3) is 7.55. The van der Waals surface area contributed by atoms with E-state index >= 15 is 0 Å². The van der Waals surface area contributed by atoms with Crippen LogP contribution in [0.25, 0.3) is 0 Å². The van der Waals surface area contributed by atoms with Gasteiger partial charge in [0.1, 0.15) is 24.2 Å². The topological polar surface area (TPSA) is 58.7 Å². The van der Waals surface area contributed by atoms with Gasteiger partial charge < -0.3 is 27.5 Å². The Morgan fingerprint density at radius 2 is 1.26 bits per heavy atom. The van der Waals surface area contributed by atoms with E-state index in [2.05, 4.69) is 38.1 Å². The lowest BCUT2D eigenvalue weighted by atomic mass is 9.78. The molecule has 1 aliphatic heterocycles. The van der Waals surface area contributed by atoms with Crippen molar-refractivity contribution in [3.63, 3.8) is 0 Å². The van der Waals surface area contributed by atoms with Crippen LogP contribution in [0, 0.1) is 0 Å². The van der Waals surface area contributed by atoms with Crippen LogP contribution in [0.2, 0.25) is 6.04 Å². The van der Waals surface area contributed by atoms with Gasteiger partial charge in [0, 0.05) is 31.3 Å². The van der Waals surface area contributed by atoms with Crippen molar-refractivity contribution in [2.75, 3.05) is 39.6 Å². The van der Waals surface area contributed by atoms with Crippen LogP contribution >= 0.6 is 0 Å². The molecule has 1 aliphatic rings. The van der Waals surface area contributed by atoms with Gasteiger partial charge in [-0.1, -0.05) is 38.1 Å². The summed E-state index contributed by atoms with van der Waals surface area (Å²) in [5.74, 6) is 1.74. The summed E-state index contributed by atoms with van der Waals surface area (Å²) in [5.41, 5.74) is 2.34. The first kappa shape index (κ1) is 26.7. The minimum absolute atomic E-state index is 0.131. The van der Waals surface area contributed by atoms with Crippen molar-refractivity contribution in [2.45, 2.75) is 58.6 Å². The molecule has 2 aromatic carbocycles. The Labute approximate surface area is 205 Å². The predicted octanol–water partition coefficient (Wildman–Crippen LogP) is 5.61. The zero-order chi connectivity index (χ0) is 24.4. The van der Waals surface area contributed by atoms with Gasteiger partial charge in [0.2, 0.25) is 0 Å². The fraction of sp³-hybridized carbons (Fsp3) is 0.556. The maximum absolute atomic E-state index is 6.01. The van der Waals surface area contributed by atoms with Crippen molar-refractivity contribution in [3.05, 3.63) is 59.7 Å². The van der Waals surface area contributed by atoms with Gasteiger partial charge in [0.05, 0.1) is 13.2 Å². The summed E-state index contributed by atoms with van der Waals surface area (Å²) in [7, 11) is -2.61. The van der Waals surface area contributed by atoms with Crippen LogP contribution in [-0.2, 0) is 23.4 Å². The molecule has 188 valence electrons. The fourth-order valence-electron chi connectivity index (χ4n) is 3.94. The lowest BCUT2D eigenvalue weighted by Crippen LogP contribution is -2.46. The minimum Gasteiger partial charge on any atom is -0.494 e. The smallest absolute Gasteiger partial charge is 0.494 e. The predicted molar refractivity (Wildman–Crippen MR) is 136 cm³/mol. The van der Waals surface area contributed by atoms with Gasteiger partial charge >= 0.3 is 8.80 Å². The summed E-state index contributed by atoms with van der Waals surface area (Å²) in [6, 6.07) is 17.5. The van der Waals surface area contributed by atoms with Gasteiger partial charge in [0.25, 0.3) is 0 Å². The highest BCUT2D eigenvalue weighted by atomic mass is 28.4.